The Hall–Kier alpha value is -4.04. The van der Waals surface area contributed by atoms with Gasteiger partial charge in [-0.25, -0.2) is 9.59 Å². The van der Waals surface area contributed by atoms with Gasteiger partial charge in [0, 0.05) is 63.6 Å². The number of carbonyl (C=O) groups is 3. The summed E-state index contributed by atoms with van der Waals surface area (Å²) in [6, 6.07) is 9.87. The van der Waals surface area contributed by atoms with Crippen LogP contribution in [0.15, 0.2) is 57.7 Å². The van der Waals surface area contributed by atoms with Gasteiger partial charge in [-0.15, -0.1) is 0 Å². The lowest BCUT2D eigenvalue weighted by Gasteiger charge is -2.41. The molecule has 0 unspecified atom stereocenters. The number of aromatic nitrogens is 1. The maximum atomic E-state index is 14.0. The minimum Gasteiger partial charge on any atom is -0.506 e. The summed E-state index contributed by atoms with van der Waals surface area (Å²) in [5.41, 5.74) is 3.63. The van der Waals surface area contributed by atoms with Crippen molar-refractivity contribution in [1.82, 2.24) is 25.0 Å². The van der Waals surface area contributed by atoms with E-state index in [-0.39, 0.29) is 36.2 Å². The van der Waals surface area contributed by atoms with Gasteiger partial charge in [-0.3, -0.25) is 9.78 Å². The van der Waals surface area contributed by atoms with Crippen molar-refractivity contribution < 1.29 is 29.0 Å². The molecule has 6 rings (SSSR count). The lowest BCUT2D eigenvalue weighted by Crippen LogP contribution is -2.57. The second-order valence-electron chi connectivity index (χ2n) is 12.6. The van der Waals surface area contributed by atoms with Crippen molar-refractivity contribution in [2.24, 2.45) is 0 Å². The third kappa shape index (κ3) is 7.75. The molecule has 0 spiro atoms. The van der Waals surface area contributed by atoms with E-state index in [0.717, 1.165) is 24.0 Å². The molecule has 2 aromatic carbocycles. The van der Waals surface area contributed by atoms with Crippen molar-refractivity contribution in [2.75, 3.05) is 45.7 Å². The summed E-state index contributed by atoms with van der Waals surface area (Å²) in [6.07, 6.45) is 6.70. The highest BCUT2D eigenvalue weighted by Crippen LogP contribution is 2.37. The van der Waals surface area contributed by atoms with Crippen molar-refractivity contribution in [2.45, 2.75) is 56.7 Å². The quantitative estimate of drug-likeness (QED) is 0.260. The molecule has 1 aromatic heterocycles. The summed E-state index contributed by atoms with van der Waals surface area (Å²) >= 11 is 6.78. The number of hydrogen-bond acceptors (Lipinski definition) is 7. The highest BCUT2D eigenvalue weighted by molar-refractivity contribution is 9.11. The molecule has 260 valence electrons. The summed E-state index contributed by atoms with van der Waals surface area (Å²) < 4.78 is 11.8. The highest BCUT2D eigenvalue weighted by Gasteiger charge is 2.35. The standard InChI is InChI=1S/C35H40Br2N6O6/c1-48-30-18-24-20-43(35(47)39-28(24)19-31(30)49-2)25-7-13-42(14-8-25)34(46)40-29(17-21-15-26(36)32(44)27(37)16-21)33(45)41-11-5-23(6-12-41)22-3-9-38-10-4-22/h3-4,9-10,15-16,18-19,23,25,29,44H,5-8,11-14,17,20H2,1-2H3,(H,39,47)(H,40,46)/t29-/m1/s1. The third-order valence-electron chi connectivity index (χ3n) is 9.74. The fourth-order valence-corrected chi connectivity index (χ4v) is 8.27. The third-order valence-corrected chi connectivity index (χ3v) is 11.0. The minimum atomic E-state index is -0.803. The lowest BCUT2D eigenvalue weighted by molar-refractivity contribution is -0.134. The Morgan fingerprint density at radius 1 is 0.959 bits per heavy atom. The molecular formula is C35H40Br2N6O6. The molecule has 1 atom stereocenters. The van der Waals surface area contributed by atoms with Crippen LogP contribution in [0.1, 0.15) is 48.3 Å². The van der Waals surface area contributed by atoms with Gasteiger partial charge in [0.25, 0.3) is 0 Å². The Bertz CT molecular complexity index is 1670. The van der Waals surface area contributed by atoms with E-state index in [9.17, 15) is 19.5 Å². The van der Waals surface area contributed by atoms with Crippen molar-refractivity contribution in [3.63, 3.8) is 0 Å². The predicted molar refractivity (Wildman–Crippen MR) is 191 cm³/mol. The number of fused-ring (bicyclic) bond motifs is 1. The van der Waals surface area contributed by atoms with Crippen LogP contribution in [0.3, 0.4) is 0 Å². The summed E-state index contributed by atoms with van der Waals surface area (Å²) in [4.78, 5) is 50.4. The van der Waals surface area contributed by atoms with E-state index in [0.29, 0.717) is 77.6 Å². The number of piperidine rings is 2. The SMILES string of the molecule is COc1cc2c(cc1OC)NC(=O)N(C1CCN(C(=O)N[C@H](Cc3cc(Br)c(O)c(Br)c3)C(=O)N3CCC(c4ccncc4)CC3)CC1)C2. The van der Waals surface area contributed by atoms with Crippen LogP contribution in [0.4, 0.5) is 15.3 Å². The Kier molecular flexibility index (Phi) is 10.8. The second-order valence-corrected chi connectivity index (χ2v) is 14.3. The summed E-state index contributed by atoms with van der Waals surface area (Å²) in [6.45, 7) is 2.48. The number of urea groups is 2. The first-order valence-electron chi connectivity index (χ1n) is 16.4. The molecule has 4 heterocycles. The number of methoxy groups -OCH3 is 2. The van der Waals surface area contributed by atoms with E-state index < -0.39 is 6.04 Å². The fourth-order valence-electron chi connectivity index (χ4n) is 6.99. The molecule has 0 radical (unpaired) electrons. The molecule has 3 aromatic rings. The van der Waals surface area contributed by atoms with Gasteiger partial charge in [-0.2, -0.15) is 0 Å². The van der Waals surface area contributed by atoms with E-state index >= 15 is 0 Å². The van der Waals surface area contributed by atoms with Gasteiger partial charge in [-0.05, 0) is 110 Å². The largest absolute Gasteiger partial charge is 0.506 e. The van der Waals surface area contributed by atoms with Crippen LogP contribution in [0.2, 0.25) is 0 Å². The normalized spacial score (nSPS) is 17.6. The van der Waals surface area contributed by atoms with Crippen LogP contribution in [0, 0.1) is 0 Å². The molecule has 5 amide bonds. The number of nitrogens with zero attached hydrogens (tertiary/aromatic N) is 4. The minimum absolute atomic E-state index is 0.0592. The zero-order valence-corrected chi connectivity index (χ0v) is 30.6. The van der Waals surface area contributed by atoms with Gasteiger partial charge < -0.3 is 39.9 Å². The number of ether oxygens (including phenoxy) is 2. The molecule has 49 heavy (non-hydrogen) atoms. The predicted octanol–water partition coefficient (Wildman–Crippen LogP) is 5.87. The number of hydrogen-bond donors (Lipinski definition) is 3. The molecule has 12 nitrogen and oxygen atoms in total. The molecular weight excluding hydrogens is 760 g/mol. The van der Waals surface area contributed by atoms with Crippen molar-refractivity contribution in [1.29, 1.82) is 0 Å². The number of likely N-dealkylation sites (tertiary alicyclic amines) is 2. The molecule has 2 fully saturated rings. The number of benzene rings is 2. The molecule has 3 aliphatic rings. The number of amides is 5. The Morgan fingerprint density at radius 2 is 1.57 bits per heavy atom. The van der Waals surface area contributed by atoms with Crippen molar-refractivity contribution in [3.05, 3.63) is 74.4 Å². The average molecular weight is 801 g/mol. The summed E-state index contributed by atoms with van der Waals surface area (Å²) in [5, 5.41) is 16.3. The van der Waals surface area contributed by atoms with Crippen LogP contribution in [0.25, 0.3) is 0 Å². The number of phenolic OH excluding ortho intramolecular Hbond substituents is 1. The lowest BCUT2D eigenvalue weighted by atomic mass is 9.89. The van der Waals surface area contributed by atoms with E-state index in [1.807, 2.05) is 28.0 Å². The topological polar surface area (TPSA) is 137 Å². The van der Waals surface area contributed by atoms with Gasteiger partial charge in [0.1, 0.15) is 11.8 Å². The number of nitrogens with one attached hydrogen (secondary N) is 2. The van der Waals surface area contributed by atoms with Crippen LogP contribution >= 0.6 is 31.9 Å². The monoisotopic (exact) mass is 798 g/mol. The van der Waals surface area contributed by atoms with E-state index in [4.69, 9.17) is 9.47 Å². The van der Waals surface area contributed by atoms with E-state index in [1.165, 1.54) is 5.56 Å². The molecule has 3 aliphatic heterocycles. The number of anilines is 1. The van der Waals surface area contributed by atoms with Gasteiger partial charge in [-0.1, -0.05) is 0 Å². The molecule has 3 N–H and O–H groups in total. The van der Waals surface area contributed by atoms with E-state index in [2.05, 4.69) is 47.5 Å². The smallest absolute Gasteiger partial charge is 0.322 e. The summed E-state index contributed by atoms with van der Waals surface area (Å²) in [5.74, 6) is 1.43. The first-order valence-corrected chi connectivity index (χ1v) is 18.0. The number of rotatable bonds is 8. The zero-order valence-electron chi connectivity index (χ0n) is 27.5. The molecule has 0 aliphatic carbocycles. The number of carbonyl (C=O) groups excluding carboxylic acids is 3. The molecule has 0 bridgehead atoms. The number of halogens is 2. The first kappa shape index (κ1) is 34.8. The maximum Gasteiger partial charge on any atom is 0.322 e. The molecule has 0 saturated carbocycles. The first-order chi connectivity index (χ1) is 23.6. The Morgan fingerprint density at radius 3 is 2.20 bits per heavy atom. The van der Waals surface area contributed by atoms with Gasteiger partial charge >= 0.3 is 12.1 Å². The van der Waals surface area contributed by atoms with Gasteiger partial charge in [0.05, 0.1) is 28.9 Å². The Balaban J connectivity index is 1.11. The van der Waals surface area contributed by atoms with Gasteiger partial charge in [0.2, 0.25) is 5.91 Å². The second kappa shape index (κ2) is 15.2. The number of phenols is 1. The summed E-state index contributed by atoms with van der Waals surface area (Å²) in [7, 11) is 3.14. The van der Waals surface area contributed by atoms with Crippen molar-refractivity contribution in [3.8, 4) is 17.2 Å². The van der Waals surface area contributed by atoms with E-state index in [1.54, 1.807) is 49.7 Å². The van der Waals surface area contributed by atoms with Crippen molar-refractivity contribution >= 4 is 55.5 Å². The fraction of sp³-hybridized carbons (Fsp3) is 0.429. The zero-order chi connectivity index (χ0) is 34.7. The van der Waals surface area contributed by atoms with Gasteiger partial charge in [0.15, 0.2) is 11.5 Å². The average Bonchev–Trinajstić information content (AvgIpc) is 3.12. The maximum absolute atomic E-state index is 14.0. The highest BCUT2D eigenvalue weighted by atomic mass is 79.9. The number of aromatic hydroxyl groups is 1. The van der Waals surface area contributed by atoms with Crippen LogP contribution in [0.5, 0.6) is 17.2 Å². The van der Waals surface area contributed by atoms with Crippen LogP contribution < -0.4 is 20.1 Å². The Labute approximate surface area is 302 Å². The van der Waals surface area contributed by atoms with Crippen LogP contribution in [-0.2, 0) is 17.8 Å². The molecule has 14 heteroatoms. The molecule has 2 saturated heterocycles. The number of pyridine rings is 1. The van der Waals surface area contributed by atoms with Crippen LogP contribution in [-0.4, -0.2) is 95.2 Å².